The van der Waals surface area contributed by atoms with E-state index in [9.17, 15) is 8.42 Å². The first-order valence-electron chi connectivity index (χ1n) is 4.95. The molecular weight excluding hydrogens is 246 g/mol. The Morgan fingerprint density at radius 3 is 2.81 bits per heavy atom. The first-order valence-corrected chi connectivity index (χ1v) is 6.81. The molecule has 0 spiro atoms. The Balaban J connectivity index is 2.44. The quantitative estimate of drug-likeness (QED) is 0.902. The molecule has 0 aromatic heterocycles. The summed E-state index contributed by atoms with van der Waals surface area (Å²) in [6.45, 7) is 0.646. The second-order valence-electron chi connectivity index (χ2n) is 3.65. The third kappa shape index (κ3) is 1.88. The summed E-state index contributed by atoms with van der Waals surface area (Å²) in [5.41, 5.74) is 0.693. The fourth-order valence-electron chi connectivity index (χ4n) is 1.72. The smallest absolute Gasteiger partial charge is 0.203 e. The molecule has 1 aromatic carbocycles. The van der Waals surface area contributed by atoms with Gasteiger partial charge >= 0.3 is 0 Å². The van der Waals surface area contributed by atoms with E-state index in [1.165, 1.54) is 0 Å². The van der Waals surface area contributed by atoms with E-state index in [2.05, 4.69) is 5.32 Å². The maximum absolute atomic E-state index is 12.1. The summed E-state index contributed by atoms with van der Waals surface area (Å²) < 4.78 is 24.1. The van der Waals surface area contributed by atoms with Crippen LogP contribution in [0.15, 0.2) is 28.0 Å². The Hall–Kier alpha value is -0.840. The van der Waals surface area contributed by atoms with Crippen LogP contribution in [0.1, 0.15) is 12.0 Å². The van der Waals surface area contributed by atoms with Crippen molar-refractivity contribution in [1.82, 2.24) is 5.32 Å². The van der Waals surface area contributed by atoms with E-state index in [1.807, 2.05) is 0 Å². The highest BCUT2D eigenvalue weighted by molar-refractivity contribution is 7.95. The van der Waals surface area contributed by atoms with Gasteiger partial charge in [-0.15, -0.1) is 0 Å². The van der Waals surface area contributed by atoms with Gasteiger partial charge in [-0.25, -0.2) is 8.42 Å². The van der Waals surface area contributed by atoms with Crippen LogP contribution in [-0.4, -0.2) is 22.0 Å². The van der Waals surface area contributed by atoms with Gasteiger partial charge in [-0.1, -0.05) is 11.6 Å². The van der Waals surface area contributed by atoms with E-state index >= 15 is 0 Å². The van der Waals surface area contributed by atoms with Crippen molar-refractivity contribution in [2.75, 3.05) is 13.6 Å². The van der Waals surface area contributed by atoms with Crippen molar-refractivity contribution in [3.63, 3.8) is 0 Å². The molecule has 1 N–H and O–H groups in total. The predicted octanol–water partition coefficient (Wildman–Crippen LogP) is 2.08. The SMILES string of the molecule is CNCCC1=Cc2cc(Cl)ccc2S1(=O)=O. The van der Waals surface area contributed by atoms with Crippen molar-refractivity contribution in [1.29, 1.82) is 0 Å². The van der Waals surface area contributed by atoms with Gasteiger partial charge < -0.3 is 5.32 Å². The molecule has 0 radical (unpaired) electrons. The van der Waals surface area contributed by atoms with Gasteiger partial charge in [0.2, 0.25) is 9.84 Å². The molecule has 0 bridgehead atoms. The normalized spacial score (nSPS) is 17.0. The van der Waals surface area contributed by atoms with Crippen LogP contribution < -0.4 is 5.32 Å². The standard InChI is InChI=1S/C11H12ClNO2S/c1-13-5-4-10-7-8-6-9(12)2-3-11(8)16(10,14)15/h2-3,6-7,13H,4-5H2,1H3. The van der Waals surface area contributed by atoms with Gasteiger partial charge in [0.05, 0.1) is 9.80 Å². The molecule has 0 saturated carbocycles. The number of fused-ring (bicyclic) bond motifs is 1. The van der Waals surface area contributed by atoms with Crippen molar-refractivity contribution < 1.29 is 8.42 Å². The van der Waals surface area contributed by atoms with Crippen LogP contribution in [0.3, 0.4) is 0 Å². The maximum Gasteiger partial charge on any atom is 0.203 e. The van der Waals surface area contributed by atoms with Gasteiger partial charge in [0.15, 0.2) is 0 Å². The van der Waals surface area contributed by atoms with E-state index in [0.29, 0.717) is 33.4 Å². The first kappa shape index (κ1) is 11.6. The van der Waals surface area contributed by atoms with Crippen LogP contribution in [-0.2, 0) is 9.84 Å². The minimum Gasteiger partial charge on any atom is -0.319 e. The molecular formula is C11H12ClNO2S. The van der Waals surface area contributed by atoms with E-state index in [1.54, 1.807) is 31.3 Å². The number of benzene rings is 1. The van der Waals surface area contributed by atoms with Crippen molar-refractivity contribution in [2.24, 2.45) is 0 Å². The summed E-state index contributed by atoms with van der Waals surface area (Å²) in [4.78, 5) is 0.821. The van der Waals surface area contributed by atoms with Crippen LogP contribution in [0.25, 0.3) is 6.08 Å². The van der Waals surface area contributed by atoms with Crippen LogP contribution in [0.5, 0.6) is 0 Å². The number of rotatable bonds is 3. The van der Waals surface area contributed by atoms with Crippen molar-refractivity contribution in [3.8, 4) is 0 Å². The molecule has 2 rings (SSSR count). The van der Waals surface area contributed by atoms with E-state index < -0.39 is 9.84 Å². The van der Waals surface area contributed by atoms with Gasteiger partial charge in [0, 0.05) is 5.02 Å². The maximum atomic E-state index is 12.1. The summed E-state index contributed by atoms with van der Waals surface area (Å²) in [5.74, 6) is 0. The minimum atomic E-state index is -3.27. The predicted molar refractivity (Wildman–Crippen MR) is 65.2 cm³/mol. The fourth-order valence-corrected chi connectivity index (χ4v) is 3.52. The van der Waals surface area contributed by atoms with Gasteiger partial charge in [-0.3, -0.25) is 0 Å². The van der Waals surface area contributed by atoms with Crippen LogP contribution in [0, 0.1) is 0 Å². The second kappa shape index (κ2) is 4.20. The Morgan fingerprint density at radius 2 is 2.12 bits per heavy atom. The molecule has 0 aliphatic carbocycles. The zero-order valence-electron chi connectivity index (χ0n) is 8.83. The Morgan fingerprint density at radius 1 is 1.38 bits per heavy atom. The number of hydrogen-bond donors (Lipinski definition) is 1. The third-order valence-corrected chi connectivity index (χ3v) is 4.74. The average molecular weight is 258 g/mol. The summed E-state index contributed by atoms with van der Waals surface area (Å²) in [6.07, 6.45) is 2.21. The molecule has 0 unspecified atom stereocenters. The van der Waals surface area contributed by atoms with Crippen LogP contribution >= 0.6 is 11.6 Å². The first-order chi connectivity index (χ1) is 7.55. The molecule has 16 heavy (non-hydrogen) atoms. The minimum absolute atomic E-state index is 0.364. The lowest BCUT2D eigenvalue weighted by Gasteiger charge is -2.03. The molecule has 0 atom stereocenters. The monoisotopic (exact) mass is 257 g/mol. The zero-order valence-corrected chi connectivity index (χ0v) is 10.4. The van der Waals surface area contributed by atoms with Gasteiger partial charge in [-0.2, -0.15) is 0 Å². The summed E-state index contributed by atoms with van der Waals surface area (Å²) in [7, 11) is -1.48. The summed E-state index contributed by atoms with van der Waals surface area (Å²) in [5, 5.41) is 3.49. The fraction of sp³-hybridized carbons (Fsp3) is 0.273. The van der Waals surface area contributed by atoms with Crippen molar-refractivity contribution in [3.05, 3.63) is 33.7 Å². The Kier molecular flexibility index (Phi) is 3.06. The number of halogens is 1. The van der Waals surface area contributed by atoms with Crippen LogP contribution in [0.4, 0.5) is 0 Å². The summed E-state index contributed by atoms with van der Waals surface area (Å²) >= 11 is 5.83. The van der Waals surface area contributed by atoms with Crippen molar-refractivity contribution in [2.45, 2.75) is 11.3 Å². The third-order valence-electron chi connectivity index (χ3n) is 2.54. The molecule has 0 fully saturated rings. The van der Waals surface area contributed by atoms with E-state index in [0.717, 1.165) is 0 Å². The van der Waals surface area contributed by atoms with E-state index in [-0.39, 0.29) is 0 Å². The molecule has 1 aliphatic rings. The summed E-state index contributed by atoms with van der Waals surface area (Å²) in [6, 6.07) is 4.85. The molecule has 0 saturated heterocycles. The van der Waals surface area contributed by atoms with E-state index in [4.69, 9.17) is 11.6 Å². The molecule has 0 amide bonds. The van der Waals surface area contributed by atoms with Gasteiger partial charge in [-0.05, 0) is 49.9 Å². The zero-order chi connectivity index (χ0) is 11.8. The largest absolute Gasteiger partial charge is 0.319 e. The molecule has 1 aliphatic heterocycles. The second-order valence-corrected chi connectivity index (χ2v) is 6.06. The molecule has 1 heterocycles. The highest BCUT2D eigenvalue weighted by Crippen LogP contribution is 2.35. The van der Waals surface area contributed by atoms with Gasteiger partial charge in [0.25, 0.3) is 0 Å². The number of nitrogens with one attached hydrogen (secondary N) is 1. The molecule has 86 valence electrons. The lowest BCUT2D eigenvalue weighted by Crippen LogP contribution is -2.11. The Bertz CT molecular complexity index is 549. The highest BCUT2D eigenvalue weighted by atomic mass is 35.5. The number of hydrogen-bond acceptors (Lipinski definition) is 3. The number of sulfone groups is 1. The lowest BCUT2D eigenvalue weighted by atomic mass is 10.2. The van der Waals surface area contributed by atoms with Crippen LogP contribution in [0.2, 0.25) is 5.02 Å². The lowest BCUT2D eigenvalue weighted by molar-refractivity contribution is 0.601. The van der Waals surface area contributed by atoms with Gasteiger partial charge in [0.1, 0.15) is 0 Å². The molecule has 5 heteroatoms. The topological polar surface area (TPSA) is 46.2 Å². The Labute approximate surface area is 100 Å². The molecule has 1 aromatic rings. The van der Waals surface area contributed by atoms with Crippen molar-refractivity contribution >= 4 is 27.5 Å². The highest BCUT2D eigenvalue weighted by Gasteiger charge is 2.28. The molecule has 3 nitrogen and oxygen atoms in total. The average Bonchev–Trinajstić information content (AvgIpc) is 2.47.